The van der Waals surface area contributed by atoms with E-state index in [1.165, 1.54) is 12.5 Å². The molecular weight excluding hydrogens is 350 g/mol. The number of rotatable bonds is 5. The van der Waals surface area contributed by atoms with Crippen LogP contribution in [0.25, 0.3) is 0 Å². The van der Waals surface area contributed by atoms with Crippen molar-refractivity contribution >= 4 is 39.3 Å². The Morgan fingerprint density at radius 1 is 1.24 bits per heavy atom. The second-order valence-electron chi connectivity index (χ2n) is 4.46. The minimum atomic E-state index is -0.0570. The van der Waals surface area contributed by atoms with E-state index in [4.69, 9.17) is 4.74 Å². The van der Waals surface area contributed by atoms with Crippen LogP contribution in [0.1, 0.15) is 12.5 Å². The molecule has 2 aromatic carbocycles. The number of anilines is 1. The van der Waals surface area contributed by atoms with Crippen LogP contribution in [0.5, 0.6) is 5.75 Å². The van der Waals surface area contributed by atoms with E-state index in [0.29, 0.717) is 0 Å². The summed E-state index contributed by atoms with van der Waals surface area (Å²) < 4.78 is 6.18. The summed E-state index contributed by atoms with van der Waals surface area (Å²) in [5.41, 5.74) is 2.04. The number of ether oxygens (including phenoxy) is 1. The Morgan fingerprint density at radius 3 is 2.52 bits per heavy atom. The van der Waals surface area contributed by atoms with Gasteiger partial charge in [0.2, 0.25) is 5.91 Å². The lowest BCUT2D eigenvalue weighted by Crippen LogP contribution is -2.05. The molecule has 110 valence electrons. The third-order valence-electron chi connectivity index (χ3n) is 2.80. The summed E-state index contributed by atoms with van der Waals surface area (Å²) in [7, 11) is 1.66. The highest BCUT2D eigenvalue weighted by Gasteiger charge is 2.03. The van der Waals surface area contributed by atoms with E-state index < -0.39 is 0 Å². The number of hydrogen-bond acceptors (Lipinski definition) is 3. The molecule has 0 aliphatic heterocycles. The van der Waals surface area contributed by atoms with Crippen molar-refractivity contribution in [1.29, 1.82) is 0 Å². The first-order valence-electron chi connectivity index (χ1n) is 6.41. The average Bonchev–Trinajstić information content (AvgIpc) is 2.46. The molecule has 0 fully saturated rings. The van der Waals surface area contributed by atoms with Crippen LogP contribution in [0.15, 0.2) is 51.8 Å². The molecule has 2 rings (SSSR count). The molecule has 0 unspecified atom stereocenters. The number of methoxy groups -OCH3 is 1. The first-order chi connectivity index (χ1) is 10.1. The Balaban J connectivity index is 1.96. The van der Waals surface area contributed by atoms with Crippen molar-refractivity contribution in [3.05, 3.63) is 52.5 Å². The van der Waals surface area contributed by atoms with Gasteiger partial charge in [0.05, 0.1) is 11.6 Å². The highest BCUT2D eigenvalue weighted by Crippen LogP contribution is 2.29. The van der Waals surface area contributed by atoms with Gasteiger partial charge in [-0.05, 0) is 57.9 Å². The summed E-state index contributed by atoms with van der Waals surface area (Å²) in [5, 5.41) is 2.76. The first kappa shape index (κ1) is 15.9. The van der Waals surface area contributed by atoms with Crippen molar-refractivity contribution in [2.75, 3.05) is 12.4 Å². The highest BCUT2D eigenvalue weighted by atomic mass is 79.9. The van der Waals surface area contributed by atoms with Crippen molar-refractivity contribution in [2.45, 2.75) is 17.6 Å². The van der Waals surface area contributed by atoms with Crippen molar-refractivity contribution in [3.8, 4) is 5.75 Å². The van der Waals surface area contributed by atoms with Gasteiger partial charge in [0, 0.05) is 23.3 Å². The summed E-state index contributed by atoms with van der Waals surface area (Å²) in [4.78, 5) is 12.1. The molecule has 0 bridgehead atoms. The summed E-state index contributed by atoms with van der Waals surface area (Å²) in [6, 6.07) is 13.9. The predicted molar refractivity (Wildman–Crippen MR) is 91.0 cm³/mol. The average molecular weight is 366 g/mol. The summed E-state index contributed by atoms with van der Waals surface area (Å²) in [6.45, 7) is 1.50. The lowest BCUT2D eigenvalue weighted by Gasteiger charge is -2.07. The standard InChI is InChI=1S/C16H16BrNO2S/c1-11(19)18-13-4-6-14(7-5-13)21-10-12-3-8-16(20-2)15(17)9-12/h3-9H,10H2,1-2H3,(H,18,19). The quantitative estimate of drug-likeness (QED) is 0.779. The zero-order valence-corrected chi connectivity index (χ0v) is 14.3. The predicted octanol–water partition coefficient (Wildman–Crippen LogP) is 4.71. The normalized spacial score (nSPS) is 10.2. The molecule has 1 amide bonds. The zero-order valence-electron chi connectivity index (χ0n) is 11.9. The van der Waals surface area contributed by atoms with Gasteiger partial charge in [-0.15, -0.1) is 11.8 Å². The fourth-order valence-electron chi connectivity index (χ4n) is 1.80. The molecule has 0 aliphatic rings. The second kappa shape index (κ2) is 7.52. The smallest absolute Gasteiger partial charge is 0.221 e. The van der Waals surface area contributed by atoms with Crippen LogP contribution in [0.4, 0.5) is 5.69 Å². The van der Waals surface area contributed by atoms with E-state index in [9.17, 15) is 4.79 Å². The Morgan fingerprint density at radius 2 is 1.95 bits per heavy atom. The lowest BCUT2D eigenvalue weighted by atomic mass is 10.2. The van der Waals surface area contributed by atoms with Crippen molar-refractivity contribution in [2.24, 2.45) is 0 Å². The van der Waals surface area contributed by atoms with Crippen LogP contribution in [0.3, 0.4) is 0 Å². The van der Waals surface area contributed by atoms with Gasteiger partial charge in [-0.3, -0.25) is 4.79 Å². The van der Waals surface area contributed by atoms with Gasteiger partial charge in [0.15, 0.2) is 0 Å². The van der Waals surface area contributed by atoms with Crippen molar-refractivity contribution < 1.29 is 9.53 Å². The molecule has 21 heavy (non-hydrogen) atoms. The van der Waals surface area contributed by atoms with Gasteiger partial charge in [-0.1, -0.05) is 6.07 Å². The number of halogens is 1. The number of hydrogen-bond donors (Lipinski definition) is 1. The minimum absolute atomic E-state index is 0.0570. The second-order valence-corrected chi connectivity index (χ2v) is 6.37. The largest absolute Gasteiger partial charge is 0.496 e. The topological polar surface area (TPSA) is 38.3 Å². The molecule has 0 spiro atoms. The van der Waals surface area contributed by atoms with Crippen LogP contribution < -0.4 is 10.1 Å². The molecule has 0 radical (unpaired) electrons. The van der Waals surface area contributed by atoms with Crippen molar-refractivity contribution in [1.82, 2.24) is 0 Å². The van der Waals surface area contributed by atoms with Gasteiger partial charge >= 0.3 is 0 Å². The molecule has 2 aromatic rings. The molecule has 0 atom stereocenters. The van der Waals surface area contributed by atoms with Crippen molar-refractivity contribution in [3.63, 3.8) is 0 Å². The number of amides is 1. The fourth-order valence-corrected chi connectivity index (χ4v) is 3.23. The van der Waals surface area contributed by atoms with Gasteiger partial charge < -0.3 is 10.1 Å². The molecule has 5 heteroatoms. The number of benzene rings is 2. The molecule has 0 heterocycles. The summed E-state index contributed by atoms with van der Waals surface area (Å²) >= 11 is 5.24. The maximum atomic E-state index is 11.0. The summed E-state index contributed by atoms with van der Waals surface area (Å²) in [6.07, 6.45) is 0. The molecule has 3 nitrogen and oxygen atoms in total. The van der Waals surface area contributed by atoms with Crippen LogP contribution in [-0.2, 0) is 10.5 Å². The zero-order chi connectivity index (χ0) is 15.2. The highest BCUT2D eigenvalue weighted by molar-refractivity contribution is 9.10. The Labute approximate surface area is 137 Å². The Kier molecular flexibility index (Phi) is 5.70. The monoisotopic (exact) mass is 365 g/mol. The third-order valence-corrected chi connectivity index (χ3v) is 4.50. The maximum Gasteiger partial charge on any atom is 0.221 e. The Hall–Kier alpha value is -1.46. The van der Waals surface area contributed by atoms with Gasteiger partial charge in [-0.25, -0.2) is 0 Å². The first-order valence-corrected chi connectivity index (χ1v) is 8.19. The Bertz CT molecular complexity index is 629. The van der Waals surface area contributed by atoms with Gasteiger partial charge in [0.25, 0.3) is 0 Å². The fraction of sp³-hybridized carbons (Fsp3) is 0.188. The summed E-state index contributed by atoms with van der Waals surface area (Å²) in [5.74, 6) is 1.66. The van der Waals surface area contributed by atoms with Gasteiger partial charge in [0.1, 0.15) is 5.75 Å². The van der Waals surface area contributed by atoms with Gasteiger partial charge in [-0.2, -0.15) is 0 Å². The van der Waals surface area contributed by atoms with E-state index in [1.54, 1.807) is 18.9 Å². The van der Waals surface area contributed by atoms with E-state index >= 15 is 0 Å². The molecule has 0 saturated heterocycles. The SMILES string of the molecule is COc1ccc(CSc2ccc(NC(C)=O)cc2)cc1Br. The maximum absolute atomic E-state index is 11.0. The number of nitrogens with one attached hydrogen (secondary N) is 1. The molecule has 0 aliphatic carbocycles. The van der Waals surface area contributed by atoms with Crippen LogP contribution in [-0.4, -0.2) is 13.0 Å². The van der Waals surface area contributed by atoms with E-state index in [2.05, 4.69) is 33.4 Å². The minimum Gasteiger partial charge on any atom is -0.496 e. The molecule has 0 aromatic heterocycles. The van der Waals surface area contributed by atoms with Crippen LogP contribution in [0.2, 0.25) is 0 Å². The van der Waals surface area contributed by atoms with Crippen LogP contribution >= 0.6 is 27.7 Å². The van der Waals surface area contributed by atoms with E-state index in [-0.39, 0.29) is 5.91 Å². The number of thioether (sulfide) groups is 1. The lowest BCUT2D eigenvalue weighted by molar-refractivity contribution is -0.114. The molecule has 0 saturated carbocycles. The van der Waals surface area contributed by atoms with E-state index in [0.717, 1.165) is 26.6 Å². The molecular formula is C16H16BrNO2S. The molecule has 1 N–H and O–H groups in total. The van der Waals surface area contributed by atoms with E-state index in [1.807, 2.05) is 30.3 Å². The third kappa shape index (κ3) is 4.79. The number of carbonyl (C=O) groups is 1. The number of carbonyl (C=O) groups excluding carboxylic acids is 1. The van der Waals surface area contributed by atoms with Crippen LogP contribution in [0, 0.1) is 0 Å².